The minimum Gasteiger partial charge on any atom is -1.00 e. The van der Waals surface area contributed by atoms with E-state index in [1.165, 1.54) is 0 Å². The fourth-order valence-corrected chi connectivity index (χ4v) is 2.32. The van der Waals surface area contributed by atoms with Gasteiger partial charge in [0.05, 0.1) is 38.2 Å². The van der Waals surface area contributed by atoms with Gasteiger partial charge < -0.3 is 31.5 Å². The largest absolute Gasteiger partial charge is 1.00 e. The van der Waals surface area contributed by atoms with Crippen LogP contribution in [0.15, 0.2) is 12.1 Å². The molecule has 0 atom stereocenters. The predicted octanol–water partition coefficient (Wildman–Crippen LogP) is 0.589. The monoisotopic (exact) mass is 341 g/mol. The van der Waals surface area contributed by atoms with Crippen molar-refractivity contribution in [3.05, 3.63) is 17.1 Å². The predicted molar refractivity (Wildman–Crippen MR) is 85.8 cm³/mol. The molecular weight excluding hydrogens is 318 g/mol. The Morgan fingerprint density at radius 2 is 1.70 bits per heavy atom. The molecule has 1 aromatic carbocycles. The molecule has 0 aliphatic carbocycles. The molecule has 0 bridgehead atoms. The number of nitrogens with zero attached hydrogens (tertiary/aromatic N) is 3. The SMILES string of the molecule is CCCOc1cc(N2CCOCC2)c(OCCC)cc1[N+]#N.[Cl-]. The zero-order valence-corrected chi connectivity index (χ0v) is 14.5. The summed E-state index contributed by atoms with van der Waals surface area (Å²) in [4.78, 5) is 5.55. The molecule has 0 amide bonds. The van der Waals surface area contributed by atoms with Crippen LogP contribution in [0.2, 0.25) is 0 Å². The highest BCUT2D eigenvalue weighted by molar-refractivity contribution is 5.72. The minimum absolute atomic E-state index is 0. The molecule has 1 aromatic rings. The number of ether oxygens (including phenoxy) is 3. The van der Waals surface area contributed by atoms with Crippen molar-refractivity contribution in [2.24, 2.45) is 0 Å². The highest BCUT2D eigenvalue weighted by Gasteiger charge is 2.24. The average molecular weight is 342 g/mol. The Balaban J connectivity index is 0.00000264. The molecule has 2 rings (SSSR count). The van der Waals surface area contributed by atoms with Gasteiger partial charge >= 0.3 is 5.69 Å². The van der Waals surface area contributed by atoms with Crippen molar-refractivity contribution in [3.8, 4) is 11.5 Å². The lowest BCUT2D eigenvalue weighted by Crippen LogP contribution is -3.00. The molecule has 0 unspecified atom stereocenters. The van der Waals surface area contributed by atoms with E-state index in [0.29, 0.717) is 37.9 Å². The zero-order chi connectivity index (χ0) is 15.8. The summed E-state index contributed by atoms with van der Waals surface area (Å²) in [7, 11) is 0. The van der Waals surface area contributed by atoms with Crippen LogP contribution in [0.5, 0.6) is 11.5 Å². The van der Waals surface area contributed by atoms with Crippen molar-refractivity contribution in [2.75, 3.05) is 44.4 Å². The topological polar surface area (TPSA) is 59.1 Å². The first-order valence-corrected chi connectivity index (χ1v) is 7.91. The Hall–Kier alpha value is -1.71. The first-order valence-electron chi connectivity index (χ1n) is 7.91. The lowest BCUT2D eigenvalue weighted by molar-refractivity contribution is -0.00000646. The number of diazo groups is 1. The standard InChI is InChI=1S/C16H24N3O3.ClH/c1-3-7-21-15-12-14(19-5-9-20-10-6-19)16(22-8-4-2)11-13(15)18-17;/h11-12H,3-10H2,1-2H3;1H/q+1;/p-1. The van der Waals surface area contributed by atoms with Crippen LogP contribution in [0, 0.1) is 5.39 Å². The summed E-state index contributed by atoms with van der Waals surface area (Å²) < 4.78 is 16.9. The van der Waals surface area contributed by atoms with Crippen LogP contribution >= 0.6 is 0 Å². The molecule has 1 heterocycles. The molecule has 1 saturated heterocycles. The summed E-state index contributed by atoms with van der Waals surface area (Å²) in [6.45, 7) is 8.32. The van der Waals surface area contributed by atoms with E-state index in [2.05, 4.69) is 16.8 Å². The van der Waals surface area contributed by atoms with E-state index >= 15 is 0 Å². The van der Waals surface area contributed by atoms with Crippen LogP contribution in [0.25, 0.3) is 4.98 Å². The van der Waals surface area contributed by atoms with Gasteiger partial charge in [-0.2, -0.15) is 0 Å². The molecule has 6 nitrogen and oxygen atoms in total. The summed E-state index contributed by atoms with van der Waals surface area (Å²) in [6, 6.07) is 3.65. The van der Waals surface area contributed by atoms with E-state index in [1.54, 1.807) is 6.07 Å². The lowest BCUT2D eigenvalue weighted by Gasteiger charge is -2.30. The molecule has 0 aromatic heterocycles. The molecule has 0 saturated carbocycles. The van der Waals surface area contributed by atoms with E-state index in [4.69, 9.17) is 14.2 Å². The van der Waals surface area contributed by atoms with Gasteiger partial charge in [0, 0.05) is 19.2 Å². The van der Waals surface area contributed by atoms with Gasteiger partial charge in [0.25, 0.3) is 0 Å². The number of halogens is 1. The van der Waals surface area contributed by atoms with Crippen molar-refractivity contribution in [3.63, 3.8) is 0 Å². The molecule has 1 fully saturated rings. The maximum atomic E-state index is 9.22. The van der Waals surface area contributed by atoms with Crippen molar-refractivity contribution < 1.29 is 26.6 Å². The van der Waals surface area contributed by atoms with Crippen LogP contribution in [0.3, 0.4) is 0 Å². The molecule has 0 N–H and O–H groups in total. The van der Waals surface area contributed by atoms with Crippen LogP contribution in [-0.4, -0.2) is 39.5 Å². The second-order valence-electron chi connectivity index (χ2n) is 5.18. The Labute approximate surface area is 143 Å². The fourth-order valence-electron chi connectivity index (χ4n) is 2.32. The molecule has 23 heavy (non-hydrogen) atoms. The second-order valence-corrected chi connectivity index (χ2v) is 5.18. The fraction of sp³-hybridized carbons (Fsp3) is 0.625. The lowest BCUT2D eigenvalue weighted by atomic mass is 10.2. The number of benzene rings is 1. The van der Waals surface area contributed by atoms with Crippen molar-refractivity contribution in [1.82, 2.24) is 0 Å². The summed E-state index contributed by atoms with van der Waals surface area (Å²) in [5, 5.41) is 9.22. The summed E-state index contributed by atoms with van der Waals surface area (Å²) >= 11 is 0. The maximum Gasteiger partial charge on any atom is 0.430 e. The third-order valence-corrected chi connectivity index (χ3v) is 3.42. The first kappa shape index (κ1) is 19.3. The highest BCUT2D eigenvalue weighted by Crippen LogP contribution is 2.40. The molecule has 128 valence electrons. The van der Waals surface area contributed by atoms with Gasteiger partial charge in [0.2, 0.25) is 11.1 Å². The minimum atomic E-state index is 0. The third-order valence-electron chi connectivity index (χ3n) is 3.42. The van der Waals surface area contributed by atoms with Gasteiger partial charge in [-0.15, -0.1) is 0 Å². The van der Waals surface area contributed by atoms with Crippen molar-refractivity contribution in [2.45, 2.75) is 26.7 Å². The maximum absolute atomic E-state index is 9.22. The zero-order valence-electron chi connectivity index (χ0n) is 13.8. The van der Waals surface area contributed by atoms with Gasteiger partial charge in [-0.25, -0.2) is 0 Å². The van der Waals surface area contributed by atoms with Gasteiger partial charge in [-0.05, 0) is 12.8 Å². The van der Waals surface area contributed by atoms with E-state index in [0.717, 1.165) is 37.4 Å². The van der Waals surface area contributed by atoms with E-state index < -0.39 is 0 Å². The average Bonchev–Trinajstić information content (AvgIpc) is 2.58. The van der Waals surface area contributed by atoms with Crippen molar-refractivity contribution >= 4 is 11.4 Å². The summed E-state index contributed by atoms with van der Waals surface area (Å²) in [5.41, 5.74) is 1.37. The molecular formula is C16H24ClN3O3. The number of anilines is 1. The Bertz CT molecular complexity index is 528. The van der Waals surface area contributed by atoms with Crippen molar-refractivity contribution in [1.29, 1.82) is 5.39 Å². The molecule has 1 aliphatic heterocycles. The highest BCUT2D eigenvalue weighted by atomic mass is 35.5. The summed E-state index contributed by atoms with van der Waals surface area (Å²) in [6.07, 6.45) is 1.81. The van der Waals surface area contributed by atoms with E-state index in [1.807, 2.05) is 13.0 Å². The molecule has 7 heteroatoms. The quantitative estimate of drug-likeness (QED) is 0.679. The Kier molecular flexibility index (Phi) is 8.52. The van der Waals surface area contributed by atoms with Crippen LogP contribution in [0.4, 0.5) is 11.4 Å². The normalized spacial score (nSPS) is 13.9. The Morgan fingerprint density at radius 3 is 2.26 bits per heavy atom. The van der Waals surface area contributed by atoms with Gasteiger partial charge in [-0.3, -0.25) is 0 Å². The van der Waals surface area contributed by atoms with Gasteiger partial charge in [0.15, 0.2) is 10.7 Å². The van der Waals surface area contributed by atoms with Crippen LogP contribution < -0.4 is 26.8 Å². The number of rotatable bonds is 7. The third kappa shape index (κ3) is 5.15. The Morgan fingerprint density at radius 1 is 1.09 bits per heavy atom. The van der Waals surface area contributed by atoms with Crippen LogP contribution in [-0.2, 0) is 4.74 Å². The number of hydrogen-bond acceptors (Lipinski definition) is 5. The van der Waals surface area contributed by atoms with Crippen LogP contribution in [0.1, 0.15) is 26.7 Å². The van der Waals surface area contributed by atoms with Gasteiger partial charge in [-0.1, -0.05) is 13.8 Å². The molecule has 0 radical (unpaired) electrons. The first-order chi connectivity index (χ1) is 10.8. The molecule has 0 spiro atoms. The smallest absolute Gasteiger partial charge is 0.430 e. The van der Waals surface area contributed by atoms with Gasteiger partial charge in [0.1, 0.15) is 0 Å². The number of morpholine rings is 1. The van der Waals surface area contributed by atoms with E-state index in [-0.39, 0.29) is 12.4 Å². The summed E-state index contributed by atoms with van der Waals surface area (Å²) in [5.74, 6) is 1.30. The second kappa shape index (κ2) is 10.1. The van der Waals surface area contributed by atoms with E-state index in [9.17, 15) is 5.39 Å². The number of hydrogen-bond donors (Lipinski definition) is 0. The molecule has 1 aliphatic rings.